The number of hydrogen-bond acceptors (Lipinski definition) is 4. The van der Waals surface area contributed by atoms with Crippen LogP contribution in [0.5, 0.6) is 5.75 Å². The summed E-state index contributed by atoms with van der Waals surface area (Å²) in [6, 6.07) is 5.34. The Balaban J connectivity index is 1.83. The second kappa shape index (κ2) is 6.92. The van der Waals surface area contributed by atoms with Crippen molar-refractivity contribution in [1.82, 2.24) is 10.4 Å². The van der Waals surface area contributed by atoms with Gasteiger partial charge < -0.3 is 14.8 Å². The van der Waals surface area contributed by atoms with E-state index in [-0.39, 0.29) is 5.75 Å². The molecule has 2 N–H and O–H groups in total. The third kappa shape index (κ3) is 5.74. The monoisotopic (exact) mass is 321 g/mol. The number of benzene rings is 1. The molecule has 1 aromatic rings. The number of nitrogens with zero attached hydrogens (tertiary/aromatic N) is 1. The molecule has 0 spiro atoms. The summed E-state index contributed by atoms with van der Waals surface area (Å²) in [5.41, 5.74) is 3.55. The van der Waals surface area contributed by atoms with E-state index in [9.17, 15) is 13.2 Å². The first-order valence-electron chi connectivity index (χ1n) is 6.18. The Morgan fingerprint density at radius 1 is 1.19 bits per heavy atom. The van der Waals surface area contributed by atoms with E-state index in [2.05, 4.69) is 15.5 Å². The number of nitrogens with one attached hydrogen (secondary N) is 2. The van der Waals surface area contributed by atoms with Gasteiger partial charge in [0.2, 0.25) is 0 Å². The maximum Gasteiger partial charge on any atom is 0.573 e. The van der Waals surface area contributed by atoms with Crippen LogP contribution in [0, 0.1) is 0 Å². The Morgan fingerprint density at radius 3 is 2.38 bits per heavy atom. The van der Waals surface area contributed by atoms with E-state index >= 15 is 0 Å². The van der Waals surface area contributed by atoms with Gasteiger partial charge in [0.1, 0.15) is 5.75 Å². The minimum Gasteiger partial charge on any atom is -0.406 e. The molecule has 5 nitrogen and oxygen atoms in total. The lowest BCUT2D eigenvalue weighted by molar-refractivity contribution is -0.274. The minimum atomic E-state index is -4.69. The molecule has 21 heavy (non-hydrogen) atoms. The standard InChI is InChI=1S/C12H14F3N3O2S/c13-12(14,15)20-10-3-1-9(2-4-10)16-11(21)17-18-5-7-19-8-6-18/h1-4H,5-8H2,(H2,16,17,21). The van der Waals surface area contributed by atoms with Crippen molar-refractivity contribution in [2.45, 2.75) is 6.36 Å². The molecule has 9 heteroatoms. The lowest BCUT2D eigenvalue weighted by Gasteiger charge is -2.28. The molecule has 1 saturated heterocycles. The highest BCUT2D eigenvalue weighted by molar-refractivity contribution is 7.80. The number of thiocarbonyl (C=S) groups is 1. The summed E-state index contributed by atoms with van der Waals surface area (Å²) >= 11 is 5.12. The Morgan fingerprint density at radius 2 is 1.81 bits per heavy atom. The SMILES string of the molecule is FC(F)(F)Oc1ccc(NC(=S)NN2CCOCC2)cc1. The van der Waals surface area contributed by atoms with Crippen molar-refractivity contribution in [2.75, 3.05) is 31.6 Å². The Labute approximate surface area is 125 Å². The molecule has 1 aromatic carbocycles. The van der Waals surface area contributed by atoms with Gasteiger partial charge in [-0.15, -0.1) is 13.2 Å². The molecular formula is C12H14F3N3O2S. The van der Waals surface area contributed by atoms with Crippen molar-refractivity contribution < 1.29 is 22.6 Å². The molecule has 0 saturated carbocycles. The number of morpholine rings is 1. The van der Waals surface area contributed by atoms with Gasteiger partial charge >= 0.3 is 6.36 Å². The average Bonchev–Trinajstić information content (AvgIpc) is 2.40. The Bertz CT molecular complexity index is 476. The van der Waals surface area contributed by atoms with Gasteiger partial charge in [-0.25, -0.2) is 5.01 Å². The topological polar surface area (TPSA) is 45.8 Å². The van der Waals surface area contributed by atoms with Gasteiger partial charge in [-0.05, 0) is 36.5 Å². The zero-order chi connectivity index (χ0) is 15.3. The molecular weight excluding hydrogens is 307 g/mol. The van der Waals surface area contributed by atoms with Crippen molar-refractivity contribution in [1.29, 1.82) is 0 Å². The molecule has 0 aromatic heterocycles. The smallest absolute Gasteiger partial charge is 0.406 e. The summed E-state index contributed by atoms with van der Waals surface area (Å²) in [4.78, 5) is 0. The van der Waals surface area contributed by atoms with Crippen LogP contribution in [-0.2, 0) is 4.74 Å². The molecule has 0 amide bonds. The molecule has 0 aliphatic carbocycles. The van der Waals surface area contributed by atoms with Crippen LogP contribution in [-0.4, -0.2) is 42.8 Å². The summed E-state index contributed by atoms with van der Waals surface area (Å²) in [5.74, 6) is -0.278. The molecule has 0 unspecified atom stereocenters. The predicted molar refractivity (Wildman–Crippen MR) is 74.9 cm³/mol. The zero-order valence-corrected chi connectivity index (χ0v) is 11.8. The Hall–Kier alpha value is -1.58. The first kappa shape index (κ1) is 15.8. The molecule has 1 aliphatic heterocycles. The predicted octanol–water partition coefficient (Wildman–Crippen LogP) is 2.12. The zero-order valence-electron chi connectivity index (χ0n) is 10.9. The molecule has 0 atom stereocenters. The van der Waals surface area contributed by atoms with Crippen LogP contribution in [0.25, 0.3) is 0 Å². The normalized spacial score (nSPS) is 16.3. The highest BCUT2D eigenvalue weighted by Crippen LogP contribution is 2.23. The van der Waals surface area contributed by atoms with Gasteiger partial charge in [0, 0.05) is 18.8 Å². The van der Waals surface area contributed by atoms with Crippen LogP contribution in [0.1, 0.15) is 0 Å². The van der Waals surface area contributed by atoms with Crippen molar-refractivity contribution in [3.05, 3.63) is 24.3 Å². The van der Waals surface area contributed by atoms with E-state index in [1.807, 2.05) is 5.01 Å². The van der Waals surface area contributed by atoms with Crippen molar-refractivity contribution >= 4 is 23.0 Å². The van der Waals surface area contributed by atoms with Crippen LogP contribution in [0.2, 0.25) is 0 Å². The van der Waals surface area contributed by atoms with Gasteiger partial charge in [-0.2, -0.15) is 0 Å². The number of alkyl halides is 3. The van der Waals surface area contributed by atoms with Gasteiger partial charge in [-0.1, -0.05) is 0 Å². The molecule has 2 rings (SSSR count). The highest BCUT2D eigenvalue weighted by atomic mass is 32.1. The van der Waals surface area contributed by atoms with Gasteiger partial charge in [0.25, 0.3) is 0 Å². The molecule has 0 bridgehead atoms. The van der Waals surface area contributed by atoms with E-state index in [0.717, 1.165) is 0 Å². The van der Waals surface area contributed by atoms with Crippen LogP contribution in [0.3, 0.4) is 0 Å². The second-order valence-electron chi connectivity index (χ2n) is 4.24. The van der Waals surface area contributed by atoms with Crippen LogP contribution >= 0.6 is 12.2 Å². The van der Waals surface area contributed by atoms with E-state index in [1.54, 1.807) is 0 Å². The third-order valence-corrected chi connectivity index (χ3v) is 2.81. The lowest BCUT2D eigenvalue weighted by atomic mass is 10.3. The highest BCUT2D eigenvalue weighted by Gasteiger charge is 2.30. The number of anilines is 1. The third-order valence-electron chi connectivity index (χ3n) is 2.62. The molecule has 1 aliphatic rings. The fourth-order valence-corrected chi connectivity index (χ4v) is 1.96. The minimum absolute atomic E-state index is 0.278. The van der Waals surface area contributed by atoms with Crippen molar-refractivity contribution in [2.24, 2.45) is 0 Å². The maximum absolute atomic E-state index is 12.0. The molecule has 0 radical (unpaired) electrons. The summed E-state index contributed by atoms with van der Waals surface area (Å²) in [7, 11) is 0. The molecule has 116 valence electrons. The lowest BCUT2D eigenvalue weighted by Crippen LogP contribution is -2.49. The number of hydrazine groups is 1. The summed E-state index contributed by atoms with van der Waals surface area (Å²) < 4.78 is 45.1. The fourth-order valence-electron chi connectivity index (χ4n) is 1.72. The van der Waals surface area contributed by atoms with Gasteiger partial charge in [-0.3, -0.25) is 5.43 Å². The van der Waals surface area contributed by atoms with E-state index < -0.39 is 6.36 Å². The van der Waals surface area contributed by atoms with Gasteiger partial charge in [0.15, 0.2) is 5.11 Å². The summed E-state index contributed by atoms with van der Waals surface area (Å²) in [6.07, 6.45) is -4.69. The van der Waals surface area contributed by atoms with Crippen molar-refractivity contribution in [3.63, 3.8) is 0 Å². The number of halogens is 3. The van der Waals surface area contributed by atoms with Crippen LogP contribution in [0.15, 0.2) is 24.3 Å². The van der Waals surface area contributed by atoms with E-state index in [0.29, 0.717) is 37.1 Å². The Kier molecular flexibility index (Phi) is 5.21. The summed E-state index contributed by atoms with van der Waals surface area (Å²) in [5, 5.41) is 5.15. The second-order valence-corrected chi connectivity index (χ2v) is 4.65. The average molecular weight is 321 g/mol. The number of ether oxygens (including phenoxy) is 2. The quantitative estimate of drug-likeness (QED) is 0.832. The molecule has 1 heterocycles. The molecule has 1 fully saturated rings. The van der Waals surface area contributed by atoms with Crippen LogP contribution in [0.4, 0.5) is 18.9 Å². The maximum atomic E-state index is 12.0. The number of rotatable bonds is 3. The first-order chi connectivity index (χ1) is 9.92. The number of hydrogen-bond donors (Lipinski definition) is 2. The van der Waals surface area contributed by atoms with Gasteiger partial charge in [0.05, 0.1) is 13.2 Å². The summed E-state index contributed by atoms with van der Waals surface area (Å²) in [6.45, 7) is 2.67. The van der Waals surface area contributed by atoms with Crippen molar-refractivity contribution in [3.8, 4) is 5.75 Å². The van der Waals surface area contributed by atoms with Crippen LogP contribution < -0.4 is 15.5 Å². The largest absolute Gasteiger partial charge is 0.573 e. The first-order valence-corrected chi connectivity index (χ1v) is 6.59. The fraction of sp³-hybridized carbons (Fsp3) is 0.417. The van der Waals surface area contributed by atoms with E-state index in [1.165, 1.54) is 24.3 Å². The van der Waals surface area contributed by atoms with E-state index in [4.69, 9.17) is 17.0 Å².